The Labute approximate surface area is 227 Å². The summed E-state index contributed by atoms with van der Waals surface area (Å²) in [4.78, 5) is 18.3. The molecule has 0 fully saturated rings. The van der Waals surface area contributed by atoms with Gasteiger partial charge in [-0.05, 0) is 53.4 Å². The summed E-state index contributed by atoms with van der Waals surface area (Å²) < 4.78 is 0. The highest BCUT2D eigenvalue weighted by atomic mass is 16.3. The van der Waals surface area contributed by atoms with E-state index in [9.17, 15) is 15.6 Å². The maximum atomic E-state index is 9.68. The van der Waals surface area contributed by atoms with Crippen LogP contribution in [0.15, 0.2) is 94.9 Å². The number of nitriles is 2. The zero-order chi connectivity index (χ0) is 27.4. The van der Waals surface area contributed by atoms with Gasteiger partial charge in [0.2, 0.25) is 12.4 Å². The molecule has 7 rings (SSSR count). The lowest BCUT2D eigenvalue weighted by Gasteiger charge is -2.03. The highest BCUT2D eigenvalue weighted by Crippen LogP contribution is 2.32. The molecule has 0 bridgehead atoms. The number of aromatic nitrogens is 2. The van der Waals surface area contributed by atoms with Crippen molar-refractivity contribution < 1.29 is 5.11 Å². The van der Waals surface area contributed by atoms with E-state index < -0.39 is 0 Å². The lowest BCUT2D eigenvalue weighted by atomic mass is 10.0. The smallest absolute Gasteiger partial charge is 0.206 e. The van der Waals surface area contributed by atoms with Gasteiger partial charge in [0.25, 0.3) is 0 Å². The van der Waals surface area contributed by atoms with E-state index in [1.807, 2.05) is 67.8 Å². The molecule has 0 unspecified atom stereocenters. The molecule has 6 aromatic carbocycles. The normalized spacial score (nSPS) is 12.5. The minimum absolute atomic E-state index is 0.188. The predicted octanol–water partition coefficient (Wildman–Crippen LogP) is 6.08. The lowest BCUT2D eigenvalue weighted by molar-refractivity contribution is 0.475. The Balaban J connectivity index is 1.54. The van der Waals surface area contributed by atoms with Crippen molar-refractivity contribution in [1.29, 1.82) is 10.5 Å². The Morgan fingerprint density at radius 1 is 0.550 bits per heavy atom. The molecular weight excluding hydrogens is 496 g/mol. The third kappa shape index (κ3) is 3.50. The van der Waals surface area contributed by atoms with Gasteiger partial charge in [0.05, 0.1) is 11.0 Å². The number of phenols is 1. The zero-order valence-corrected chi connectivity index (χ0v) is 21.2. The number of hydrogen-bond donors (Lipinski definition) is 1. The Hall–Kier alpha value is -5.92. The van der Waals surface area contributed by atoms with E-state index >= 15 is 0 Å². The topological polar surface area (TPSA) is 118 Å². The average Bonchev–Trinajstić information content (AvgIpc) is 3.44. The fourth-order valence-electron chi connectivity index (χ4n) is 5.38. The average molecular weight is 515 g/mol. The summed E-state index contributed by atoms with van der Waals surface area (Å²) in [5, 5.41) is 32.9. The predicted molar refractivity (Wildman–Crippen MR) is 154 cm³/mol. The fraction of sp³-hybridized carbons (Fsp3) is 0.0303. The van der Waals surface area contributed by atoms with Crippen LogP contribution >= 0.6 is 0 Å². The molecule has 0 aliphatic heterocycles. The molecule has 7 nitrogen and oxygen atoms in total. The quantitative estimate of drug-likeness (QED) is 0.281. The van der Waals surface area contributed by atoms with E-state index in [1.165, 1.54) is 5.56 Å². The second-order valence-electron chi connectivity index (χ2n) is 9.67. The van der Waals surface area contributed by atoms with Crippen LogP contribution in [0, 0.1) is 29.8 Å². The first-order valence-electron chi connectivity index (χ1n) is 12.6. The van der Waals surface area contributed by atoms with Crippen molar-refractivity contribution in [2.24, 2.45) is 9.98 Å². The van der Waals surface area contributed by atoms with Crippen molar-refractivity contribution in [3.63, 3.8) is 0 Å². The van der Waals surface area contributed by atoms with Gasteiger partial charge >= 0.3 is 0 Å². The van der Waals surface area contributed by atoms with E-state index in [2.05, 4.69) is 34.3 Å². The Kier molecular flexibility index (Phi) is 5.13. The fourth-order valence-corrected chi connectivity index (χ4v) is 5.38. The van der Waals surface area contributed by atoms with Crippen molar-refractivity contribution in [1.82, 2.24) is 9.97 Å². The second-order valence-corrected chi connectivity index (χ2v) is 9.67. The SMILES string of the molecule is Cc1ccc(-c2ccc3c(c2)c(=NC#N)c2nc4c(nc23)c(=NC#N)c2cc(-c3ccc(O)cc3)ccc24)cc1. The van der Waals surface area contributed by atoms with Crippen molar-refractivity contribution >= 4 is 43.6 Å². The van der Waals surface area contributed by atoms with Gasteiger partial charge in [-0.1, -0.05) is 66.2 Å². The van der Waals surface area contributed by atoms with Gasteiger partial charge in [-0.3, -0.25) is 0 Å². The second kappa shape index (κ2) is 8.83. The standard InChI is InChI=1S/C33H18N6O/c1-18-2-4-19(5-3-18)21-8-12-24-26(14-21)28(36-16-34)32-30(24)38-33-29(37-17-35)27-15-22(9-13-25(27)31(33)39-32)20-6-10-23(40)11-7-20/h2-15,40H,1H3. The molecule has 40 heavy (non-hydrogen) atoms. The first-order chi connectivity index (χ1) is 19.6. The van der Waals surface area contributed by atoms with Crippen LogP contribution in [0.3, 0.4) is 0 Å². The zero-order valence-electron chi connectivity index (χ0n) is 21.2. The number of benzene rings is 4. The molecule has 0 atom stereocenters. The third-order valence-electron chi connectivity index (χ3n) is 7.31. The summed E-state index contributed by atoms with van der Waals surface area (Å²) in [6.07, 6.45) is 3.86. The van der Waals surface area contributed by atoms with Crippen LogP contribution in [0.25, 0.3) is 65.9 Å². The van der Waals surface area contributed by atoms with Crippen LogP contribution in [0.2, 0.25) is 0 Å². The monoisotopic (exact) mass is 514 g/mol. The summed E-state index contributed by atoms with van der Waals surface area (Å²) in [5.41, 5.74) is 7.32. The molecule has 0 radical (unpaired) electrons. The summed E-state index contributed by atoms with van der Waals surface area (Å²) in [5.74, 6) is 0.188. The number of hydrogen-bond acceptors (Lipinski definition) is 7. The molecule has 7 aromatic rings. The van der Waals surface area contributed by atoms with Gasteiger partial charge in [-0.15, -0.1) is 0 Å². The van der Waals surface area contributed by atoms with Crippen LogP contribution in [0.4, 0.5) is 0 Å². The Morgan fingerprint density at radius 2 is 0.975 bits per heavy atom. The third-order valence-corrected chi connectivity index (χ3v) is 7.31. The number of aryl methyl sites for hydroxylation is 1. The minimum atomic E-state index is 0.188. The minimum Gasteiger partial charge on any atom is -0.508 e. The van der Waals surface area contributed by atoms with Gasteiger partial charge in [0.15, 0.2) is 0 Å². The van der Waals surface area contributed by atoms with Crippen LogP contribution in [0.1, 0.15) is 5.56 Å². The number of nitrogens with zero attached hydrogens (tertiary/aromatic N) is 6. The molecule has 0 aliphatic carbocycles. The van der Waals surface area contributed by atoms with Crippen LogP contribution in [0.5, 0.6) is 5.75 Å². The van der Waals surface area contributed by atoms with E-state index in [4.69, 9.17) is 9.97 Å². The van der Waals surface area contributed by atoms with Gasteiger partial charge in [0.1, 0.15) is 27.5 Å². The molecule has 0 amide bonds. The van der Waals surface area contributed by atoms with Gasteiger partial charge in [0, 0.05) is 21.5 Å². The van der Waals surface area contributed by atoms with E-state index in [0.29, 0.717) is 32.8 Å². The molecule has 0 spiro atoms. The lowest BCUT2D eigenvalue weighted by Crippen LogP contribution is -2.03. The van der Waals surface area contributed by atoms with Crippen LogP contribution in [-0.2, 0) is 0 Å². The molecule has 0 aliphatic rings. The highest BCUT2D eigenvalue weighted by Gasteiger charge is 2.19. The van der Waals surface area contributed by atoms with Crippen LogP contribution < -0.4 is 10.7 Å². The van der Waals surface area contributed by atoms with E-state index in [1.54, 1.807) is 12.1 Å². The summed E-state index contributed by atoms with van der Waals surface area (Å²) >= 11 is 0. The summed E-state index contributed by atoms with van der Waals surface area (Å²) in [6.45, 7) is 2.05. The molecule has 1 aromatic heterocycles. The van der Waals surface area contributed by atoms with E-state index in [-0.39, 0.29) is 5.75 Å². The van der Waals surface area contributed by atoms with Gasteiger partial charge in [-0.2, -0.15) is 20.5 Å². The molecule has 7 heteroatoms. The van der Waals surface area contributed by atoms with Crippen molar-refractivity contribution in [3.05, 3.63) is 101 Å². The number of rotatable bonds is 2. The summed E-state index contributed by atoms with van der Waals surface area (Å²) in [7, 11) is 0. The van der Waals surface area contributed by atoms with Gasteiger partial charge < -0.3 is 5.11 Å². The Morgan fingerprint density at radius 3 is 1.43 bits per heavy atom. The van der Waals surface area contributed by atoms with E-state index in [0.717, 1.165) is 43.8 Å². The molecule has 186 valence electrons. The molecular formula is C33H18N6O. The Bertz CT molecular complexity index is 2180. The maximum Gasteiger partial charge on any atom is 0.206 e. The number of aromatic hydroxyl groups is 1. The van der Waals surface area contributed by atoms with Gasteiger partial charge in [-0.25, -0.2) is 9.97 Å². The first-order valence-corrected chi connectivity index (χ1v) is 12.6. The largest absolute Gasteiger partial charge is 0.508 e. The number of phenolic OH excluding ortho intramolecular Hbond substituents is 1. The van der Waals surface area contributed by atoms with Crippen molar-refractivity contribution in [3.8, 4) is 40.4 Å². The summed E-state index contributed by atoms with van der Waals surface area (Å²) in [6, 6.07) is 27.1. The molecule has 0 saturated carbocycles. The van der Waals surface area contributed by atoms with Crippen molar-refractivity contribution in [2.75, 3.05) is 0 Å². The van der Waals surface area contributed by atoms with Crippen molar-refractivity contribution in [2.45, 2.75) is 6.92 Å². The van der Waals surface area contributed by atoms with Crippen LogP contribution in [-0.4, -0.2) is 15.1 Å². The highest BCUT2D eigenvalue weighted by molar-refractivity contribution is 6.15. The molecule has 1 heterocycles. The molecule has 0 saturated heterocycles. The number of fused-ring (bicyclic) bond motifs is 6. The first kappa shape index (κ1) is 23.2. The molecule has 1 N–H and O–H groups in total. The maximum absolute atomic E-state index is 9.68.